The molecule has 0 heterocycles. The first-order chi connectivity index (χ1) is 13.6. The Morgan fingerprint density at radius 1 is 1.28 bits per heavy atom. The number of carbonyl (C=O) groups excluding carboxylic acids is 2. The van der Waals surface area contributed by atoms with Crippen LogP contribution in [0.15, 0.2) is 24.8 Å². The average Bonchev–Trinajstić information content (AvgIpc) is 2.95. The molecule has 4 unspecified atom stereocenters. The number of benzene rings is 1. The number of alkyl halides is 3. The first-order valence-electron chi connectivity index (χ1n) is 10.2. The highest BCUT2D eigenvalue weighted by atomic mass is 35.6. The fourth-order valence-corrected chi connectivity index (χ4v) is 6.32. The van der Waals surface area contributed by atoms with Gasteiger partial charge in [-0.2, -0.15) is 0 Å². The summed E-state index contributed by atoms with van der Waals surface area (Å²) in [5, 5.41) is 0. The maximum absolute atomic E-state index is 12.6. The van der Waals surface area contributed by atoms with Crippen molar-refractivity contribution in [3.05, 3.63) is 47.0 Å². The van der Waals surface area contributed by atoms with Crippen LogP contribution in [-0.2, 0) is 22.4 Å². The van der Waals surface area contributed by atoms with Gasteiger partial charge in [0.1, 0.15) is 5.78 Å². The third-order valence-corrected chi connectivity index (χ3v) is 7.68. The number of hydrogen-bond acceptors (Lipinski definition) is 3. The minimum Gasteiger partial charge on any atom is -0.411 e. The first-order valence-corrected chi connectivity index (χ1v) is 11.4. The molecule has 1 aromatic rings. The third-order valence-electron chi connectivity index (χ3n) is 7.45. The van der Waals surface area contributed by atoms with E-state index >= 15 is 0 Å². The van der Waals surface area contributed by atoms with Crippen molar-refractivity contribution >= 4 is 46.6 Å². The van der Waals surface area contributed by atoms with Crippen LogP contribution in [0.25, 0.3) is 0 Å². The summed E-state index contributed by atoms with van der Waals surface area (Å²) >= 11 is 17.0. The molecule has 29 heavy (non-hydrogen) atoms. The van der Waals surface area contributed by atoms with E-state index in [2.05, 4.69) is 19.6 Å². The van der Waals surface area contributed by atoms with Crippen LogP contribution in [-0.4, -0.2) is 15.7 Å². The SMILES string of the molecule is C=CCc1cc2c(cc1C(=O)OC(Cl)(Cl)Cl)CCC1C2CCC2(C)C(=O)CCC12. The van der Waals surface area contributed by atoms with Crippen molar-refractivity contribution in [2.45, 2.75) is 61.8 Å². The van der Waals surface area contributed by atoms with Gasteiger partial charge in [0.15, 0.2) is 0 Å². The normalized spacial score (nSPS) is 30.9. The third kappa shape index (κ3) is 3.75. The second kappa shape index (κ2) is 7.59. The van der Waals surface area contributed by atoms with E-state index in [4.69, 9.17) is 39.5 Å². The van der Waals surface area contributed by atoms with Crippen LogP contribution in [0.4, 0.5) is 0 Å². The molecule has 0 radical (unpaired) electrons. The summed E-state index contributed by atoms with van der Waals surface area (Å²) in [4.78, 5) is 25.1. The van der Waals surface area contributed by atoms with Gasteiger partial charge in [-0.1, -0.05) is 19.1 Å². The molecule has 4 atom stereocenters. The molecule has 0 bridgehead atoms. The maximum atomic E-state index is 12.6. The monoisotopic (exact) mass is 454 g/mol. The number of carbonyl (C=O) groups is 2. The lowest BCUT2D eigenvalue weighted by Crippen LogP contribution is -2.42. The summed E-state index contributed by atoms with van der Waals surface area (Å²) in [6.45, 7) is 6.00. The summed E-state index contributed by atoms with van der Waals surface area (Å²) in [6, 6.07) is 4.04. The van der Waals surface area contributed by atoms with Crippen LogP contribution in [0.5, 0.6) is 0 Å². The number of fused-ring (bicyclic) bond motifs is 5. The Morgan fingerprint density at radius 3 is 2.72 bits per heavy atom. The van der Waals surface area contributed by atoms with Gasteiger partial charge in [0, 0.05) is 11.8 Å². The summed E-state index contributed by atoms with van der Waals surface area (Å²) in [5.74, 6) is 1.25. The van der Waals surface area contributed by atoms with Gasteiger partial charge in [-0.25, -0.2) is 4.79 Å². The highest BCUT2D eigenvalue weighted by Crippen LogP contribution is 2.59. The number of aryl methyl sites for hydroxylation is 1. The lowest BCUT2D eigenvalue weighted by molar-refractivity contribution is -0.129. The summed E-state index contributed by atoms with van der Waals surface area (Å²) < 4.78 is 2.88. The van der Waals surface area contributed by atoms with Crippen LogP contribution in [0.1, 0.15) is 72.0 Å². The van der Waals surface area contributed by atoms with E-state index in [-0.39, 0.29) is 5.41 Å². The van der Waals surface area contributed by atoms with Crippen LogP contribution < -0.4 is 0 Å². The summed E-state index contributed by atoms with van der Waals surface area (Å²) in [7, 11) is 0. The van der Waals surface area contributed by atoms with Gasteiger partial charge in [-0.05, 0) is 114 Å². The van der Waals surface area contributed by atoms with Crippen molar-refractivity contribution in [3.63, 3.8) is 0 Å². The van der Waals surface area contributed by atoms with Crippen LogP contribution in [0.2, 0.25) is 0 Å². The Bertz CT molecular complexity index is 873. The van der Waals surface area contributed by atoms with E-state index in [1.165, 1.54) is 11.1 Å². The first kappa shape index (κ1) is 21.2. The van der Waals surface area contributed by atoms with Crippen molar-refractivity contribution in [1.82, 2.24) is 0 Å². The van der Waals surface area contributed by atoms with E-state index in [9.17, 15) is 9.59 Å². The Kier molecular flexibility index (Phi) is 5.55. The highest BCUT2D eigenvalue weighted by molar-refractivity contribution is 6.66. The molecule has 1 aromatic carbocycles. The lowest BCUT2D eigenvalue weighted by Gasteiger charge is -2.48. The Labute approximate surface area is 186 Å². The zero-order chi connectivity index (χ0) is 21.0. The number of halogens is 3. The second-order valence-corrected chi connectivity index (χ2v) is 11.0. The quantitative estimate of drug-likeness (QED) is 0.304. The number of rotatable bonds is 3. The predicted octanol–water partition coefficient (Wildman–Crippen LogP) is 6.32. The zero-order valence-corrected chi connectivity index (χ0v) is 18.7. The molecule has 0 spiro atoms. The van der Waals surface area contributed by atoms with Crippen LogP contribution in [0.3, 0.4) is 0 Å². The molecular formula is C23H25Cl3O3. The topological polar surface area (TPSA) is 43.4 Å². The molecule has 3 aliphatic carbocycles. The number of hydrogen-bond donors (Lipinski definition) is 0. The summed E-state index contributed by atoms with van der Waals surface area (Å²) in [5.41, 5.74) is 3.62. The molecule has 3 aliphatic rings. The van der Waals surface area contributed by atoms with E-state index in [0.717, 1.165) is 44.1 Å². The van der Waals surface area contributed by atoms with Gasteiger partial charge in [0.05, 0.1) is 5.56 Å². The molecule has 4 rings (SSSR count). The van der Waals surface area contributed by atoms with Gasteiger partial charge in [0.25, 0.3) is 0 Å². The molecule has 0 amide bonds. The molecule has 2 fully saturated rings. The Morgan fingerprint density at radius 2 is 2.03 bits per heavy atom. The Hall–Kier alpha value is -1.03. The number of esters is 1. The van der Waals surface area contributed by atoms with Gasteiger partial charge < -0.3 is 4.74 Å². The molecule has 6 heteroatoms. The predicted molar refractivity (Wildman–Crippen MR) is 116 cm³/mol. The summed E-state index contributed by atoms with van der Waals surface area (Å²) in [6.07, 6.45) is 7.94. The second-order valence-electron chi connectivity index (χ2n) is 8.87. The average molecular weight is 456 g/mol. The van der Waals surface area contributed by atoms with Crippen molar-refractivity contribution < 1.29 is 14.3 Å². The minimum atomic E-state index is -2.09. The number of allylic oxidation sites excluding steroid dienone is 1. The molecule has 0 aliphatic heterocycles. The molecule has 2 saturated carbocycles. The van der Waals surface area contributed by atoms with Crippen molar-refractivity contribution in [2.75, 3.05) is 0 Å². The van der Waals surface area contributed by atoms with Gasteiger partial charge in [0.2, 0.25) is 0 Å². The molecule has 0 saturated heterocycles. The smallest absolute Gasteiger partial charge is 0.341 e. The van der Waals surface area contributed by atoms with Crippen LogP contribution in [0, 0.1) is 17.3 Å². The Balaban J connectivity index is 1.70. The van der Waals surface area contributed by atoms with Crippen molar-refractivity contribution in [2.24, 2.45) is 17.3 Å². The standard InChI is InChI=1S/C23H25Cl3O3/c1-3-4-13-11-17-14(12-18(13)21(28)29-23(24,25)26)5-6-16-15(17)9-10-22(2)19(16)7-8-20(22)27/h3,11-12,15-16,19H,1,4-10H2,2H3. The fourth-order valence-electron chi connectivity index (χ4n) is 6.11. The lowest BCUT2D eigenvalue weighted by atomic mass is 9.55. The molecular weight excluding hydrogens is 431 g/mol. The number of ether oxygens (including phenoxy) is 1. The van der Waals surface area contributed by atoms with E-state index in [0.29, 0.717) is 35.5 Å². The minimum absolute atomic E-state index is 0.142. The molecule has 0 aromatic heterocycles. The van der Waals surface area contributed by atoms with E-state index in [1.807, 2.05) is 6.07 Å². The maximum Gasteiger partial charge on any atom is 0.341 e. The van der Waals surface area contributed by atoms with Crippen molar-refractivity contribution in [1.29, 1.82) is 0 Å². The number of ketones is 1. The van der Waals surface area contributed by atoms with Gasteiger partial charge in [-0.3, -0.25) is 4.79 Å². The zero-order valence-electron chi connectivity index (χ0n) is 16.5. The van der Waals surface area contributed by atoms with Crippen LogP contribution >= 0.6 is 34.8 Å². The number of Topliss-reactive ketones (excluding diaryl/α,β-unsaturated/α-hetero) is 1. The van der Waals surface area contributed by atoms with Gasteiger partial charge in [-0.15, -0.1) is 6.58 Å². The van der Waals surface area contributed by atoms with Crippen molar-refractivity contribution in [3.8, 4) is 0 Å². The van der Waals surface area contributed by atoms with Gasteiger partial charge >= 0.3 is 9.95 Å². The fraction of sp³-hybridized carbons (Fsp3) is 0.565. The largest absolute Gasteiger partial charge is 0.411 e. The molecule has 156 valence electrons. The molecule has 3 nitrogen and oxygen atoms in total. The highest BCUT2D eigenvalue weighted by Gasteiger charge is 2.54. The molecule has 0 N–H and O–H groups in total. The van der Waals surface area contributed by atoms with E-state index < -0.39 is 9.95 Å². The van der Waals surface area contributed by atoms with E-state index in [1.54, 1.807) is 6.08 Å².